The summed E-state index contributed by atoms with van der Waals surface area (Å²) in [5, 5.41) is 11.8. The number of aromatic nitrogens is 4. The normalized spacial score (nSPS) is 12.6. The fourth-order valence-corrected chi connectivity index (χ4v) is 2.42. The molecule has 0 bridgehead atoms. The van der Waals surface area contributed by atoms with Crippen LogP contribution >= 0.6 is 11.8 Å². The van der Waals surface area contributed by atoms with Gasteiger partial charge < -0.3 is 5.73 Å². The molecule has 0 aliphatic rings. The van der Waals surface area contributed by atoms with E-state index in [2.05, 4.69) is 27.7 Å². The summed E-state index contributed by atoms with van der Waals surface area (Å²) in [5.74, 6) is 2.60. The Hall–Kier alpha value is -1.40. The first kappa shape index (κ1) is 13.0. The highest BCUT2D eigenvalue weighted by molar-refractivity contribution is 7.98. The van der Waals surface area contributed by atoms with E-state index in [1.807, 2.05) is 29.8 Å². The van der Waals surface area contributed by atoms with Crippen LogP contribution < -0.4 is 5.73 Å². The molecule has 5 nitrogen and oxygen atoms in total. The van der Waals surface area contributed by atoms with Gasteiger partial charge in [0.05, 0.1) is 12.3 Å². The predicted molar refractivity (Wildman–Crippen MR) is 73.2 cm³/mol. The zero-order chi connectivity index (χ0) is 12.8. The largest absolute Gasteiger partial charge is 0.327 e. The number of benzene rings is 1. The lowest BCUT2D eigenvalue weighted by Gasteiger charge is -2.06. The third kappa shape index (κ3) is 3.82. The van der Waals surface area contributed by atoms with Gasteiger partial charge in [0.15, 0.2) is 5.82 Å². The lowest BCUT2D eigenvalue weighted by atomic mass is 10.2. The summed E-state index contributed by atoms with van der Waals surface area (Å²) in [6, 6.07) is 10.4. The molecular weight excluding hydrogens is 246 g/mol. The number of rotatable bonds is 6. The van der Waals surface area contributed by atoms with Crippen LogP contribution in [0.5, 0.6) is 0 Å². The quantitative estimate of drug-likeness (QED) is 0.850. The van der Waals surface area contributed by atoms with Crippen LogP contribution in [0, 0.1) is 0 Å². The van der Waals surface area contributed by atoms with E-state index in [4.69, 9.17) is 5.73 Å². The average molecular weight is 263 g/mol. The van der Waals surface area contributed by atoms with Crippen molar-refractivity contribution < 1.29 is 0 Å². The molecule has 6 heteroatoms. The Kier molecular flexibility index (Phi) is 4.72. The Morgan fingerprint density at radius 1 is 1.33 bits per heavy atom. The van der Waals surface area contributed by atoms with Crippen molar-refractivity contribution in [3.8, 4) is 0 Å². The van der Waals surface area contributed by atoms with Crippen LogP contribution in [0.1, 0.15) is 18.3 Å². The second-order valence-electron chi connectivity index (χ2n) is 4.23. The fraction of sp³-hybridized carbons (Fsp3) is 0.417. The number of nitrogens with zero attached hydrogens (tertiary/aromatic N) is 4. The summed E-state index contributed by atoms with van der Waals surface area (Å²) in [5.41, 5.74) is 6.91. The van der Waals surface area contributed by atoms with E-state index in [9.17, 15) is 0 Å². The molecule has 2 N–H and O–H groups in total. The molecule has 0 radical (unpaired) electrons. The molecule has 0 saturated carbocycles. The Bertz CT molecular complexity index is 468. The third-order valence-electron chi connectivity index (χ3n) is 2.39. The minimum Gasteiger partial charge on any atom is -0.327 e. The average Bonchev–Trinajstić information content (AvgIpc) is 2.78. The van der Waals surface area contributed by atoms with Crippen LogP contribution in [0.4, 0.5) is 0 Å². The van der Waals surface area contributed by atoms with E-state index in [1.54, 1.807) is 11.8 Å². The zero-order valence-corrected chi connectivity index (χ0v) is 11.2. The van der Waals surface area contributed by atoms with Crippen molar-refractivity contribution in [3.05, 3.63) is 41.7 Å². The first-order chi connectivity index (χ1) is 8.75. The molecule has 1 aromatic carbocycles. The predicted octanol–water partition coefficient (Wildman–Crippen LogP) is 1.30. The van der Waals surface area contributed by atoms with Crippen LogP contribution in [0.2, 0.25) is 0 Å². The van der Waals surface area contributed by atoms with Crippen LogP contribution in [-0.2, 0) is 12.3 Å². The van der Waals surface area contributed by atoms with Crippen molar-refractivity contribution >= 4 is 11.8 Å². The molecule has 0 spiro atoms. The molecule has 0 aliphatic carbocycles. The molecule has 1 heterocycles. The van der Waals surface area contributed by atoms with Gasteiger partial charge in [-0.1, -0.05) is 30.3 Å². The number of hydrogen-bond donors (Lipinski definition) is 1. The Balaban J connectivity index is 1.95. The molecule has 0 amide bonds. The lowest BCUT2D eigenvalue weighted by Crippen LogP contribution is -2.18. The van der Waals surface area contributed by atoms with Gasteiger partial charge in [0.1, 0.15) is 0 Å². The lowest BCUT2D eigenvalue weighted by molar-refractivity contribution is 0.631. The molecule has 18 heavy (non-hydrogen) atoms. The molecule has 0 fully saturated rings. The van der Waals surface area contributed by atoms with E-state index < -0.39 is 0 Å². The maximum absolute atomic E-state index is 5.71. The van der Waals surface area contributed by atoms with Crippen molar-refractivity contribution in [2.24, 2.45) is 5.73 Å². The zero-order valence-electron chi connectivity index (χ0n) is 10.4. The molecular formula is C12H17N5S. The smallest absolute Gasteiger partial charge is 0.161 e. The maximum atomic E-state index is 5.71. The summed E-state index contributed by atoms with van der Waals surface area (Å²) >= 11 is 1.76. The molecule has 1 unspecified atom stereocenters. The first-order valence-corrected chi connectivity index (χ1v) is 7.03. The standard InChI is InChI=1S/C12H17N5S/c1-10(13)8-18-9-12-14-15-16-17(12)7-11-5-3-2-4-6-11/h2-6,10H,7-9,13H2,1H3. The van der Waals surface area contributed by atoms with Gasteiger partial charge in [0, 0.05) is 11.8 Å². The summed E-state index contributed by atoms with van der Waals surface area (Å²) in [6.45, 7) is 2.71. The highest BCUT2D eigenvalue weighted by atomic mass is 32.2. The number of thioether (sulfide) groups is 1. The van der Waals surface area contributed by atoms with Gasteiger partial charge in [0.2, 0.25) is 0 Å². The third-order valence-corrected chi connectivity index (χ3v) is 3.62. The SMILES string of the molecule is CC(N)CSCc1nnnn1Cc1ccccc1. The highest BCUT2D eigenvalue weighted by Crippen LogP contribution is 2.11. The second-order valence-corrected chi connectivity index (χ2v) is 5.26. The summed E-state index contributed by atoms with van der Waals surface area (Å²) in [7, 11) is 0. The molecule has 2 aromatic rings. The van der Waals surface area contributed by atoms with Crippen molar-refractivity contribution in [1.29, 1.82) is 0 Å². The summed E-state index contributed by atoms with van der Waals surface area (Å²) in [6.07, 6.45) is 0. The first-order valence-electron chi connectivity index (χ1n) is 5.88. The monoisotopic (exact) mass is 263 g/mol. The number of hydrogen-bond acceptors (Lipinski definition) is 5. The molecule has 96 valence electrons. The van der Waals surface area contributed by atoms with Crippen LogP contribution in [0.25, 0.3) is 0 Å². The van der Waals surface area contributed by atoms with E-state index in [-0.39, 0.29) is 6.04 Å². The Morgan fingerprint density at radius 3 is 2.83 bits per heavy atom. The summed E-state index contributed by atoms with van der Waals surface area (Å²) in [4.78, 5) is 0. The van der Waals surface area contributed by atoms with Crippen molar-refractivity contribution in [1.82, 2.24) is 20.2 Å². The topological polar surface area (TPSA) is 69.6 Å². The van der Waals surface area contributed by atoms with Crippen LogP contribution in [0.3, 0.4) is 0 Å². The van der Waals surface area contributed by atoms with E-state index in [0.29, 0.717) is 6.54 Å². The van der Waals surface area contributed by atoms with E-state index in [0.717, 1.165) is 17.3 Å². The van der Waals surface area contributed by atoms with E-state index >= 15 is 0 Å². The van der Waals surface area contributed by atoms with Crippen molar-refractivity contribution in [2.45, 2.75) is 25.3 Å². The Morgan fingerprint density at radius 2 is 2.11 bits per heavy atom. The van der Waals surface area contributed by atoms with Gasteiger partial charge in [-0.05, 0) is 22.9 Å². The van der Waals surface area contributed by atoms with Gasteiger partial charge in [-0.2, -0.15) is 11.8 Å². The van der Waals surface area contributed by atoms with Crippen molar-refractivity contribution in [3.63, 3.8) is 0 Å². The minimum absolute atomic E-state index is 0.202. The molecule has 2 rings (SSSR count). The van der Waals surface area contributed by atoms with E-state index in [1.165, 1.54) is 5.56 Å². The van der Waals surface area contributed by atoms with Crippen molar-refractivity contribution in [2.75, 3.05) is 5.75 Å². The fourth-order valence-electron chi connectivity index (χ4n) is 1.54. The van der Waals surface area contributed by atoms with Crippen LogP contribution in [-0.4, -0.2) is 32.0 Å². The Labute approximate surface area is 111 Å². The molecule has 1 aromatic heterocycles. The molecule has 0 saturated heterocycles. The van der Waals surface area contributed by atoms with Gasteiger partial charge >= 0.3 is 0 Å². The molecule has 0 aliphatic heterocycles. The second kappa shape index (κ2) is 6.51. The maximum Gasteiger partial charge on any atom is 0.161 e. The van der Waals surface area contributed by atoms with Crippen LogP contribution in [0.15, 0.2) is 30.3 Å². The van der Waals surface area contributed by atoms with Gasteiger partial charge in [0.25, 0.3) is 0 Å². The van der Waals surface area contributed by atoms with Gasteiger partial charge in [-0.15, -0.1) is 5.10 Å². The highest BCUT2D eigenvalue weighted by Gasteiger charge is 2.07. The number of tetrazole rings is 1. The minimum atomic E-state index is 0.202. The molecule has 1 atom stereocenters. The van der Waals surface area contributed by atoms with Gasteiger partial charge in [-0.25, -0.2) is 4.68 Å². The van der Waals surface area contributed by atoms with Gasteiger partial charge in [-0.3, -0.25) is 0 Å². The summed E-state index contributed by atoms with van der Waals surface area (Å²) < 4.78 is 1.84. The number of nitrogens with two attached hydrogens (primary N) is 1.